The highest BCUT2D eigenvalue weighted by molar-refractivity contribution is 5.80. The second kappa shape index (κ2) is 6.24. The average Bonchev–Trinajstić information content (AvgIpc) is 3.16. The van der Waals surface area contributed by atoms with Crippen LogP contribution in [-0.2, 0) is 11.3 Å². The number of benzene rings is 2. The number of carbonyl (C=O) groups excluding carboxylic acids is 1. The number of ether oxygens (including phenoxy) is 1. The Balaban J connectivity index is 1.81. The lowest BCUT2D eigenvalue weighted by molar-refractivity contribution is -0.126. The number of methoxy groups -OCH3 is 1. The molecule has 0 aliphatic carbocycles. The number of fused-ring (bicyclic) bond motifs is 1. The van der Waals surface area contributed by atoms with E-state index < -0.39 is 0 Å². The summed E-state index contributed by atoms with van der Waals surface area (Å²) in [5.41, 5.74) is 3.16. The molecule has 128 valence electrons. The lowest BCUT2D eigenvalue weighted by Gasteiger charge is -2.15. The molecule has 1 aliphatic heterocycles. The molecule has 1 saturated heterocycles. The van der Waals surface area contributed by atoms with Gasteiger partial charge in [-0.1, -0.05) is 30.3 Å². The zero-order valence-corrected chi connectivity index (χ0v) is 14.5. The summed E-state index contributed by atoms with van der Waals surface area (Å²) in [5, 5.41) is 0. The number of carbonyl (C=O) groups is 1. The minimum atomic E-state index is 0.125. The van der Waals surface area contributed by atoms with E-state index >= 15 is 0 Å². The van der Waals surface area contributed by atoms with Crippen molar-refractivity contribution >= 4 is 16.9 Å². The van der Waals surface area contributed by atoms with Crippen molar-refractivity contribution in [2.24, 2.45) is 0 Å². The van der Waals surface area contributed by atoms with Gasteiger partial charge in [-0.2, -0.15) is 0 Å². The number of amides is 1. The first-order valence-electron chi connectivity index (χ1n) is 8.48. The molecule has 1 fully saturated rings. The van der Waals surface area contributed by atoms with Crippen molar-refractivity contribution < 1.29 is 9.53 Å². The van der Waals surface area contributed by atoms with E-state index in [0.717, 1.165) is 28.2 Å². The van der Waals surface area contributed by atoms with Crippen LogP contribution >= 0.6 is 0 Å². The van der Waals surface area contributed by atoms with Gasteiger partial charge in [0.1, 0.15) is 11.6 Å². The average molecular weight is 335 g/mol. The van der Waals surface area contributed by atoms with Crippen LogP contribution in [0, 0.1) is 0 Å². The summed E-state index contributed by atoms with van der Waals surface area (Å²) < 4.78 is 7.74. The molecule has 5 nitrogen and oxygen atoms in total. The zero-order chi connectivity index (χ0) is 17.4. The van der Waals surface area contributed by atoms with Crippen molar-refractivity contribution in [3.8, 4) is 5.75 Å². The highest BCUT2D eigenvalue weighted by Crippen LogP contribution is 2.31. The summed E-state index contributed by atoms with van der Waals surface area (Å²) in [7, 11) is 3.55. The van der Waals surface area contributed by atoms with Crippen molar-refractivity contribution in [1.82, 2.24) is 14.5 Å². The molecule has 0 radical (unpaired) electrons. The molecule has 1 unspecified atom stereocenters. The normalized spacial score (nSPS) is 17.4. The molecule has 1 amide bonds. The smallest absolute Gasteiger partial charge is 0.223 e. The third-order valence-electron chi connectivity index (χ3n) is 4.91. The van der Waals surface area contributed by atoms with E-state index in [1.54, 1.807) is 12.0 Å². The first-order valence-corrected chi connectivity index (χ1v) is 8.48. The second-order valence-electron chi connectivity index (χ2n) is 6.53. The van der Waals surface area contributed by atoms with Crippen LogP contribution in [0.4, 0.5) is 0 Å². The number of likely N-dealkylation sites (tertiary alicyclic amines) is 1. The molecule has 1 aliphatic rings. The number of hydrogen-bond donors (Lipinski definition) is 0. The Bertz CT molecular complexity index is 932. The van der Waals surface area contributed by atoms with Gasteiger partial charge in [0.05, 0.1) is 24.7 Å². The molecule has 2 aromatic carbocycles. The molecule has 1 atom stereocenters. The highest BCUT2D eigenvalue weighted by atomic mass is 16.5. The third kappa shape index (κ3) is 2.76. The Hall–Kier alpha value is -2.82. The molecule has 5 heteroatoms. The number of para-hydroxylation sites is 3. The number of hydrogen-bond acceptors (Lipinski definition) is 3. The molecular weight excluding hydrogens is 314 g/mol. The van der Waals surface area contributed by atoms with Gasteiger partial charge in [0.2, 0.25) is 5.91 Å². The Morgan fingerprint density at radius 3 is 2.68 bits per heavy atom. The Kier molecular flexibility index (Phi) is 3.92. The van der Waals surface area contributed by atoms with Gasteiger partial charge < -0.3 is 14.2 Å². The minimum Gasteiger partial charge on any atom is -0.496 e. The maximum Gasteiger partial charge on any atom is 0.223 e. The monoisotopic (exact) mass is 335 g/mol. The number of rotatable bonds is 4. The summed E-state index contributed by atoms with van der Waals surface area (Å²) in [5.74, 6) is 2.15. The molecule has 0 bridgehead atoms. The molecule has 1 aromatic heterocycles. The molecule has 4 rings (SSSR count). The summed E-state index contributed by atoms with van der Waals surface area (Å²) >= 11 is 0. The molecular formula is C20H21N3O2. The van der Waals surface area contributed by atoms with Crippen LogP contribution in [-0.4, -0.2) is 41.1 Å². The number of nitrogens with zero attached hydrogens (tertiary/aromatic N) is 3. The summed E-state index contributed by atoms with van der Waals surface area (Å²) in [6, 6.07) is 16.2. The van der Waals surface area contributed by atoms with Crippen LogP contribution in [0.25, 0.3) is 11.0 Å². The Morgan fingerprint density at radius 1 is 1.16 bits per heavy atom. The van der Waals surface area contributed by atoms with Crippen molar-refractivity contribution in [2.75, 3.05) is 20.7 Å². The standard InChI is InChI=1S/C20H21N3O2/c1-22-12-15(11-19(22)24)20-21-16-8-4-5-9-17(16)23(20)13-14-7-3-6-10-18(14)25-2/h3-10,15H,11-13H2,1-2H3. The lowest BCUT2D eigenvalue weighted by atomic mass is 10.1. The van der Waals surface area contributed by atoms with Gasteiger partial charge in [-0.25, -0.2) is 4.98 Å². The van der Waals surface area contributed by atoms with E-state index in [2.05, 4.69) is 16.7 Å². The number of likely N-dealkylation sites (N-methyl/N-ethyl adjacent to an activating group) is 1. The predicted molar refractivity (Wildman–Crippen MR) is 96.8 cm³/mol. The van der Waals surface area contributed by atoms with Gasteiger partial charge in [-0.05, 0) is 18.2 Å². The fourth-order valence-corrected chi connectivity index (χ4v) is 3.61. The molecule has 25 heavy (non-hydrogen) atoms. The van der Waals surface area contributed by atoms with E-state index in [0.29, 0.717) is 19.5 Å². The maximum atomic E-state index is 12.0. The van der Waals surface area contributed by atoms with Gasteiger partial charge in [-0.15, -0.1) is 0 Å². The molecule has 0 saturated carbocycles. The van der Waals surface area contributed by atoms with E-state index in [4.69, 9.17) is 9.72 Å². The van der Waals surface area contributed by atoms with Crippen molar-refractivity contribution in [1.29, 1.82) is 0 Å². The number of imidazole rings is 1. The SMILES string of the molecule is COc1ccccc1Cn1c(C2CC(=O)N(C)C2)nc2ccccc21. The number of aromatic nitrogens is 2. The van der Waals surface area contributed by atoms with E-state index in [1.165, 1.54) is 0 Å². The molecule has 0 N–H and O–H groups in total. The van der Waals surface area contributed by atoms with Crippen LogP contribution in [0.15, 0.2) is 48.5 Å². The molecule has 0 spiro atoms. The molecule has 3 aromatic rings. The van der Waals surface area contributed by atoms with Crippen LogP contribution < -0.4 is 4.74 Å². The van der Waals surface area contributed by atoms with Gasteiger partial charge in [0, 0.05) is 31.5 Å². The fraction of sp³-hybridized carbons (Fsp3) is 0.300. The van der Waals surface area contributed by atoms with Crippen molar-refractivity contribution in [2.45, 2.75) is 18.9 Å². The van der Waals surface area contributed by atoms with Crippen molar-refractivity contribution in [3.63, 3.8) is 0 Å². The first kappa shape index (κ1) is 15.7. The van der Waals surface area contributed by atoms with Crippen LogP contribution in [0.3, 0.4) is 0 Å². The van der Waals surface area contributed by atoms with Crippen LogP contribution in [0.2, 0.25) is 0 Å². The van der Waals surface area contributed by atoms with Crippen LogP contribution in [0.5, 0.6) is 5.75 Å². The van der Waals surface area contributed by atoms with Gasteiger partial charge in [0.15, 0.2) is 0 Å². The topological polar surface area (TPSA) is 47.4 Å². The largest absolute Gasteiger partial charge is 0.496 e. The quantitative estimate of drug-likeness (QED) is 0.736. The molecule has 2 heterocycles. The summed E-state index contributed by atoms with van der Waals surface area (Å²) in [6.07, 6.45) is 0.520. The summed E-state index contributed by atoms with van der Waals surface area (Å²) in [4.78, 5) is 18.7. The van der Waals surface area contributed by atoms with E-state index in [-0.39, 0.29) is 11.8 Å². The zero-order valence-electron chi connectivity index (χ0n) is 14.5. The second-order valence-corrected chi connectivity index (χ2v) is 6.53. The van der Waals surface area contributed by atoms with E-state index in [9.17, 15) is 4.79 Å². The van der Waals surface area contributed by atoms with Gasteiger partial charge in [-0.3, -0.25) is 4.79 Å². The lowest BCUT2D eigenvalue weighted by Crippen LogP contribution is -2.19. The Labute approximate surface area is 146 Å². The first-order chi connectivity index (χ1) is 12.2. The highest BCUT2D eigenvalue weighted by Gasteiger charge is 2.32. The Morgan fingerprint density at radius 2 is 1.92 bits per heavy atom. The predicted octanol–water partition coefficient (Wildman–Crippen LogP) is 3.04. The van der Waals surface area contributed by atoms with Crippen LogP contribution in [0.1, 0.15) is 23.7 Å². The third-order valence-corrected chi connectivity index (χ3v) is 4.91. The van der Waals surface area contributed by atoms with Crippen molar-refractivity contribution in [3.05, 3.63) is 59.9 Å². The van der Waals surface area contributed by atoms with Gasteiger partial charge >= 0.3 is 0 Å². The summed E-state index contributed by atoms with van der Waals surface area (Å²) in [6.45, 7) is 1.39. The fourth-order valence-electron chi connectivity index (χ4n) is 3.61. The van der Waals surface area contributed by atoms with Gasteiger partial charge in [0.25, 0.3) is 0 Å². The maximum absolute atomic E-state index is 12.0. The minimum absolute atomic E-state index is 0.125. The van der Waals surface area contributed by atoms with E-state index in [1.807, 2.05) is 43.4 Å².